The van der Waals surface area contributed by atoms with Crippen molar-refractivity contribution in [1.29, 1.82) is 0 Å². The minimum atomic E-state index is 0.0794. The molecule has 0 bridgehead atoms. The number of aryl methyl sites for hydroxylation is 2. The first-order chi connectivity index (χ1) is 13.6. The molecule has 0 saturated carbocycles. The summed E-state index contributed by atoms with van der Waals surface area (Å²) in [5, 5.41) is 1.94. The van der Waals surface area contributed by atoms with E-state index in [0.29, 0.717) is 0 Å². The highest BCUT2D eigenvalue weighted by molar-refractivity contribution is 6.31. The third kappa shape index (κ3) is 3.64. The molecule has 0 radical (unpaired) electrons. The van der Waals surface area contributed by atoms with Crippen LogP contribution in [0.25, 0.3) is 16.5 Å². The van der Waals surface area contributed by atoms with E-state index in [1.165, 1.54) is 16.5 Å². The molecule has 5 nitrogen and oxygen atoms in total. The summed E-state index contributed by atoms with van der Waals surface area (Å²) in [7, 11) is 1.77. The van der Waals surface area contributed by atoms with Crippen molar-refractivity contribution in [2.45, 2.75) is 26.2 Å². The number of fused-ring (bicyclic) bond motifs is 1. The largest absolute Gasteiger partial charge is 0.361 e. The number of halogens is 1. The molecule has 0 aliphatic carbocycles. The Morgan fingerprint density at radius 1 is 1.32 bits per heavy atom. The number of nitrogens with one attached hydrogen (secondary N) is 1. The molecule has 1 N–H and O–H groups in total. The first kappa shape index (κ1) is 19.0. The van der Waals surface area contributed by atoms with Crippen LogP contribution < -0.4 is 5.56 Å². The minimum Gasteiger partial charge on any atom is -0.361 e. The van der Waals surface area contributed by atoms with Crippen LogP contribution >= 0.6 is 11.6 Å². The summed E-state index contributed by atoms with van der Waals surface area (Å²) in [5.41, 5.74) is 5.57. The molecule has 6 heteroatoms. The van der Waals surface area contributed by atoms with Crippen LogP contribution in [0.2, 0.25) is 5.02 Å². The smallest absolute Gasteiger partial charge is 0.256 e. The number of aromatic amines is 1. The van der Waals surface area contributed by atoms with E-state index in [1.807, 2.05) is 18.2 Å². The number of hydrogen-bond acceptors (Lipinski definition) is 3. The van der Waals surface area contributed by atoms with Crippen molar-refractivity contribution in [1.82, 2.24) is 19.4 Å². The third-order valence-electron chi connectivity index (χ3n) is 5.61. The van der Waals surface area contributed by atoms with Crippen LogP contribution in [0.15, 0.2) is 41.6 Å². The maximum Gasteiger partial charge on any atom is 0.256 e. The van der Waals surface area contributed by atoms with Gasteiger partial charge in [0.05, 0.1) is 12.0 Å². The third-order valence-corrected chi connectivity index (χ3v) is 5.84. The van der Waals surface area contributed by atoms with Crippen LogP contribution in [0.1, 0.15) is 30.2 Å². The van der Waals surface area contributed by atoms with E-state index < -0.39 is 0 Å². The molecule has 3 aromatic rings. The van der Waals surface area contributed by atoms with Gasteiger partial charge >= 0.3 is 0 Å². The molecule has 1 aliphatic rings. The predicted molar refractivity (Wildman–Crippen MR) is 115 cm³/mol. The first-order valence-electron chi connectivity index (χ1n) is 9.78. The van der Waals surface area contributed by atoms with Gasteiger partial charge in [-0.05, 0) is 43.0 Å². The fourth-order valence-electron chi connectivity index (χ4n) is 3.97. The maximum atomic E-state index is 12.5. The minimum absolute atomic E-state index is 0.0794. The quantitative estimate of drug-likeness (QED) is 0.713. The van der Waals surface area contributed by atoms with Crippen molar-refractivity contribution in [2.75, 3.05) is 19.6 Å². The fourth-order valence-corrected chi connectivity index (χ4v) is 4.14. The molecule has 28 heavy (non-hydrogen) atoms. The molecule has 1 aliphatic heterocycles. The number of rotatable bonds is 5. The highest BCUT2D eigenvalue weighted by Crippen LogP contribution is 2.30. The van der Waals surface area contributed by atoms with E-state index >= 15 is 0 Å². The van der Waals surface area contributed by atoms with Crippen LogP contribution in [0.5, 0.6) is 0 Å². The zero-order valence-electron chi connectivity index (χ0n) is 16.3. The lowest BCUT2D eigenvalue weighted by Gasteiger charge is -2.26. The SMILES string of the molecule is CCc1ncn(C)c(=O)c1CCN1CC=C(c2c[nH]c3ccc(Cl)cc23)CC1. The second-order valence-corrected chi connectivity index (χ2v) is 7.80. The Balaban J connectivity index is 1.47. The topological polar surface area (TPSA) is 53.9 Å². The van der Waals surface area contributed by atoms with E-state index in [1.54, 1.807) is 17.9 Å². The molecule has 0 atom stereocenters. The Morgan fingerprint density at radius 3 is 2.93 bits per heavy atom. The van der Waals surface area contributed by atoms with Gasteiger partial charge in [-0.15, -0.1) is 0 Å². The molecular weight excluding hydrogens is 372 g/mol. The van der Waals surface area contributed by atoms with Crippen LogP contribution in [-0.2, 0) is 19.9 Å². The standard InChI is InChI=1S/C22H25ClN4O/c1-3-20-17(22(28)26(2)14-25-20)8-11-27-9-6-15(7-10-27)19-13-24-21-5-4-16(23)12-18(19)21/h4-6,12-14,24H,3,7-11H2,1-2H3. The zero-order valence-corrected chi connectivity index (χ0v) is 17.1. The summed E-state index contributed by atoms with van der Waals surface area (Å²) in [6.45, 7) is 4.80. The van der Waals surface area contributed by atoms with E-state index in [2.05, 4.69) is 34.1 Å². The van der Waals surface area contributed by atoms with Crippen LogP contribution in [0, 0.1) is 0 Å². The maximum absolute atomic E-state index is 12.5. The second kappa shape index (κ2) is 7.94. The van der Waals surface area contributed by atoms with Crippen molar-refractivity contribution >= 4 is 28.1 Å². The zero-order chi connectivity index (χ0) is 19.7. The monoisotopic (exact) mass is 396 g/mol. The average molecular weight is 397 g/mol. The molecule has 0 unspecified atom stereocenters. The number of H-pyrrole nitrogens is 1. The Bertz CT molecular complexity index is 1100. The highest BCUT2D eigenvalue weighted by atomic mass is 35.5. The molecule has 146 valence electrons. The van der Waals surface area contributed by atoms with Gasteiger partial charge in [0.1, 0.15) is 0 Å². The van der Waals surface area contributed by atoms with Gasteiger partial charge in [-0.25, -0.2) is 4.98 Å². The highest BCUT2D eigenvalue weighted by Gasteiger charge is 2.17. The summed E-state index contributed by atoms with van der Waals surface area (Å²) in [6, 6.07) is 5.96. The Hall–Kier alpha value is -2.37. The second-order valence-electron chi connectivity index (χ2n) is 7.36. The van der Waals surface area contributed by atoms with Crippen LogP contribution in [0.3, 0.4) is 0 Å². The summed E-state index contributed by atoms with van der Waals surface area (Å²) < 4.78 is 1.57. The average Bonchev–Trinajstić information content (AvgIpc) is 3.12. The Labute approximate surface area is 169 Å². The number of hydrogen-bond donors (Lipinski definition) is 1. The van der Waals surface area contributed by atoms with Gasteiger partial charge in [-0.1, -0.05) is 24.6 Å². The molecule has 4 rings (SSSR count). The van der Waals surface area contributed by atoms with E-state index in [4.69, 9.17) is 11.6 Å². The molecule has 3 heterocycles. The Morgan fingerprint density at radius 2 is 2.18 bits per heavy atom. The van der Waals surface area contributed by atoms with E-state index in [0.717, 1.165) is 60.7 Å². The van der Waals surface area contributed by atoms with Crippen LogP contribution in [0.4, 0.5) is 0 Å². The molecular formula is C22H25ClN4O. The summed E-state index contributed by atoms with van der Waals surface area (Å²) >= 11 is 6.18. The normalized spacial score (nSPS) is 15.2. The summed E-state index contributed by atoms with van der Waals surface area (Å²) in [6.07, 6.45) is 8.53. The molecule has 2 aromatic heterocycles. The molecule has 0 saturated heterocycles. The number of nitrogens with zero attached hydrogens (tertiary/aromatic N) is 3. The lowest BCUT2D eigenvalue weighted by molar-refractivity contribution is 0.305. The Kier molecular flexibility index (Phi) is 5.38. The van der Waals surface area contributed by atoms with Crippen molar-refractivity contribution in [2.24, 2.45) is 7.05 Å². The number of benzene rings is 1. The van der Waals surface area contributed by atoms with Crippen molar-refractivity contribution < 1.29 is 0 Å². The summed E-state index contributed by atoms with van der Waals surface area (Å²) in [5.74, 6) is 0. The van der Waals surface area contributed by atoms with Crippen molar-refractivity contribution in [3.8, 4) is 0 Å². The molecule has 0 spiro atoms. The van der Waals surface area contributed by atoms with Gasteiger partial charge in [0.15, 0.2) is 0 Å². The van der Waals surface area contributed by atoms with E-state index in [-0.39, 0.29) is 5.56 Å². The van der Waals surface area contributed by atoms with Gasteiger partial charge in [0.2, 0.25) is 0 Å². The van der Waals surface area contributed by atoms with E-state index in [9.17, 15) is 4.79 Å². The lowest BCUT2D eigenvalue weighted by Crippen LogP contribution is -2.33. The van der Waals surface area contributed by atoms with Crippen LogP contribution in [-0.4, -0.2) is 39.1 Å². The van der Waals surface area contributed by atoms with Gasteiger partial charge in [-0.2, -0.15) is 0 Å². The molecule has 0 amide bonds. The predicted octanol–water partition coefficient (Wildman–Crippen LogP) is 3.81. The number of aromatic nitrogens is 3. The first-order valence-corrected chi connectivity index (χ1v) is 10.2. The van der Waals surface area contributed by atoms with Gasteiger partial charge in [0.25, 0.3) is 5.56 Å². The molecule has 1 aromatic carbocycles. The van der Waals surface area contributed by atoms with Crippen molar-refractivity contribution in [3.63, 3.8) is 0 Å². The van der Waals surface area contributed by atoms with Gasteiger partial charge in [0, 0.05) is 59.9 Å². The van der Waals surface area contributed by atoms with Gasteiger partial charge < -0.3 is 9.55 Å². The lowest BCUT2D eigenvalue weighted by atomic mass is 9.98. The van der Waals surface area contributed by atoms with Crippen molar-refractivity contribution in [3.05, 3.63) is 69.0 Å². The fraction of sp³-hybridized carbons (Fsp3) is 0.364. The molecule has 0 fully saturated rings. The summed E-state index contributed by atoms with van der Waals surface area (Å²) in [4.78, 5) is 22.6. The van der Waals surface area contributed by atoms with Gasteiger partial charge in [-0.3, -0.25) is 9.69 Å².